The Morgan fingerprint density at radius 1 is 1.50 bits per heavy atom. The molecule has 0 bridgehead atoms. The van der Waals surface area contributed by atoms with Crippen LogP contribution < -0.4 is 10.6 Å². The molecule has 1 fully saturated rings. The van der Waals surface area contributed by atoms with Crippen molar-refractivity contribution in [1.82, 2.24) is 4.98 Å². The second-order valence-corrected chi connectivity index (χ2v) is 5.21. The van der Waals surface area contributed by atoms with Gasteiger partial charge in [-0.05, 0) is 24.3 Å². The van der Waals surface area contributed by atoms with Crippen molar-refractivity contribution in [1.29, 1.82) is 0 Å². The fourth-order valence-electron chi connectivity index (χ4n) is 2.20. The largest absolute Gasteiger partial charge is 0.399 e. The van der Waals surface area contributed by atoms with E-state index in [-0.39, 0.29) is 0 Å². The predicted molar refractivity (Wildman–Crippen MR) is 68.8 cm³/mol. The second kappa shape index (κ2) is 4.50. The molecule has 0 radical (unpaired) electrons. The van der Waals surface area contributed by atoms with Crippen LogP contribution in [0.1, 0.15) is 20.3 Å². The van der Waals surface area contributed by atoms with E-state index in [0.717, 1.165) is 30.7 Å². The maximum Gasteiger partial charge on any atom is 0.133 e. The predicted octanol–water partition coefficient (Wildman–Crippen LogP) is 2.80. The molecule has 1 aliphatic heterocycles. The van der Waals surface area contributed by atoms with Crippen LogP contribution in [0.5, 0.6) is 0 Å². The van der Waals surface area contributed by atoms with E-state index in [1.165, 1.54) is 6.42 Å². The van der Waals surface area contributed by atoms with Crippen LogP contribution in [0.2, 0.25) is 5.15 Å². The van der Waals surface area contributed by atoms with Crippen molar-refractivity contribution in [2.24, 2.45) is 11.8 Å². The molecule has 1 unspecified atom stereocenters. The summed E-state index contributed by atoms with van der Waals surface area (Å²) in [5.74, 6) is 2.39. The standard InChI is InChI=1S/C12H18ClN3/c1-8(2)9-3-4-16(7-9)12-6-10(14)5-11(13)15-12/h5-6,8-9H,3-4,7H2,1-2H3,(H2,14,15). The minimum Gasteiger partial charge on any atom is -0.399 e. The van der Waals surface area contributed by atoms with Gasteiger partial charge in [0.15, 0.2) is 0 Å². The molecule has 0 amide bonds. The summed E-state index contributed by atoms with van der Waals surface area (Å²) in [6.07, 6.45) is 1.23. The van der Waals surface area contributed by atoms with Gasteiger partial charge in [0.2, 0.25) is 0 Å². The first-order valence-electron chi connectivity index (χ1n) is 5.74. The topological polar surface area (TPSA) is 42.1 Å². The van der Waals surface area contributed by atoms with Gasteiger partial charge in [0.05, 0.1) is 0 Å². The first kappa shape index (κ1) is 11.5. The Balaban J connectivity index is 2.14. The zero-order chi connectivity index (χ0) is 11.7. The lowest BCUT2D eigenvalue weighted by Crippen LogP contribution is -2.22. The van der Waals surface area contributed by atoms with E-state index in [0.29, 0.717) is 10.8 Å². The molecular weight excluding hydrogens is 222 g/mol. The Labute approximate surface area is 102 Å². The first-order valence-corrected chi connectivity index (χ1v) is 6.12. The summed E-state index contributed by atoms with van der Waals surface area (Å²) in [4.78, 5) is 6.59. The van der Waals surface area contributed by atoms with Crippen LogP contribution >= 0.6 is 11.6 Å². The molecule has 88 valence electrons. The highest BCUT2D eigenvalue weighted by Gasteiger charge is 2.25. The Morgan fingerprint density at radius 3 is 2.81 bits per heavy atom. The lowest BCUT2D eigenvalue weighted by Gasteiger charge is -2.19. The van der Waals surface area contributed by atoms with Crippen molar-refractivity contribution in [2.75, 3.05) is 23.7 Å². The van der Waals surface area contributed by atoms with Gasteiger partial charge in [-0.2, -0.15) is 0 Å². The number of hydrogen-bond donors (Lipinski definition) is 1. The van der Waals surface area contributed by atoms with Gasteiger partial charge in [0, 0.05) is 24.8 Å². The van der Waals surface area contributed by atoms with Crippen molar-refractivity contribution >= 4 is 23.1 Å². The average molecular weight is 240 g/mol. The Hall–Kier alpha value is -0.960. The van der Waals surface area contributed by atoms with Crippen LogP contribution in [0.3, 0.4) is 0 Å². The van der Waals surface area contributed by atoms with Gasteiger partial charge in [0.25, 0.3) is 0 Å². The molecule has 3 nitrogen and oxygen atoms in total. The molecule has 0 spiro atoms. The normalized spacial score (nSPS) is 20.8. The lowest BCUT2D eigenvalue weighted by molar-refractivity contribution is 0.422. The maximum absolute atomic E-state index is 5.91. The third-order valence-electron chi connectivity index (χ3n) is 3.29. The van der Waals surface area contributed by atoms with E-state index in [4.69, 9.17) is 17.3 Å². The van der Waals surface area contributed by atoms with Gasteiger partial charge in [-0.15, -0.1) is 0 Å². The Kier molecular flexibility index (Phi) is 3.24. The molecule has 1 atom stereocenters. The van der Waals surface area contributed by atoms with Crippen LogP contribution in [-0.4, -0.2) is 18.1 Å². The zero-order valence-electron chi connectivity index (χ0n) is 9.78. The van der Waals surface area contributed by atoms with Gasteiger partial charge in [0.1, 0.15) is 11.0 Å². The molecule has 0 aliphatic carbocycles. The average Bonchev–Trinajstić information content (AvgIpc) is 2.64. The Morgan fingerprint density at radius 2 is 2.25 bits per heavy atom. The molecule has 1 aromatic heterocycles. The number of halogens is 1. The third kappa shape index (κ3) is 2.40. The minimum absolute atomic E-state index is 0.475. The van der Waals surface area contributed by atoms with Crippen LogP contribution in [0, 0.1) is 11.8 Å². The molecule has 1 aliphatic rings. The monoisotopic (exact) mass is 239 g/mol. The van der Waals surface area contributed by atoms with E-state index >= 15 is 0 Å². The van der Waals surface area contributed by atoms with Crippen molar-refractivity contribution in [3.05, 3.63) is 17.3 Å². The molecule has 2 N–H and O–H groups in total. The summed E-state index contributed by atoms with van der Waals surface area (Å²) in [5, 5.41) is 0.475. The number of nitrogen functional groups attached to an aromatic ring is 1. The number of anilines is 2. The van der Waals surface area contributed by atoms with Crippen LogP contribution in [0.4, 0.5) is 11.5 Å². The SMILES string of the molecule is CC(C)C1CCN(c2cc(N)cc(Cl)n2)C1. The van der Waals surface area contributed by atoms with Crippen molar-refractivity contribution in [2.45, 2.75) is 20.3 Å². The number of aromatic nitrogens is 1. The number of hydrogen-bond acceptors (Lipinski definition) is 3. The van der Waals surface area contributed by atoms with Crippen molar-refractivity contribution in [3.8, 4) is 0 Å². The summed E-state index contributed by atoms with van der Waals surface area (Å²) in [7, 11) is 0. The lowest BCUT2D eigenvalue weighted by atomic mass is 9.95. The van der Waals surface area contributed by atoms with Gasteiger partial charge in [-0.3, -0.25) is 0 Å². The maximum atomic E-state index is 5.91. The number of rotatable bonds is 2. The molecule has 2 rings (SSSR count). The Bertz CT molecular complexity index is 358. The van der Waals surface area contributed by atoms with E-state index in [1.807, 2.05) is 6.07 Å². The molecule has 2 heterocycles. The fraction of sp³-hybridized carbons (Fsp3) is 0.583. The van der Waals surface area contributed by atoms with Crippen molar-refractivity contribution < 1.29 is 0 Å². The van der Waals surface area contributed by atoms with Gasteiger partial charge < -0.3 is 10.6 Å². The fourth-order valence-corrected chi connectivity index (χ4v) is 2.42. The molecular formula is C12H18ClN3. The minimum atomic E-state index is 0.475. The van der Waals surface area contributed by atoms with E-state index < -0.39 is 0 Å². The quantitative estimate of drug-likeness (QED) is 0.807. The van der Waals surface area contributed by atoms with Crippen LogP contribution in [0.25, 0.3) is 0 Å². The summed E-state index contributed by atoms with van der Waals surface area (Å²) in [6.45, 7) is 6.65. The molecule has 16 heavy (non-hydrogen) atoms. The van der Waals surface area contributed by atoms with E-state index in [2.05, 4.69) is 23.7 Å². The smallest absolute Gasteiger partial charge is 0.133 e. The van der Waals surface area contributed by atoms with Gasteiger partial charge in [-0.1, -0.05) is 25.4 Å². The summed E-state index contributed by atoms with van der Waals surface area (Å²) in [5.41, 5.74) is 6.45. The van der Waals surface area contributed by atoms with Crippen LogP contribution in [0.15, 0.2) is 12.1 Å². The highest BCUT2D eigenvalue weighted by atomic mass is 35.5. The van der Waals surface area contributed by atoms with E-state index in [1.54, 1.807) is 6.07 Å². The molecule has 1 aromatic rings. The highest BCUT2D eigenvalue weighted by Crippen LogP contribution is 2.28. The number of pyridine rings is 1. The van der Waals surface area contributed by atoms with Gasteiger partial charge >= 0.3 is 0 Å². The van der Waals surface area contributed by atoms with E-state index in [9.17, 15) is 0 Å². The molecule has 1 saturated heterocycles. The summed E-state index contributed by atoms with van der Waals surface area (Å²) in [6, 6.07) is 3.58. The second-order valence-electron chi connectivity index (χ2n) is 4.82. The van der Waals surface area contributed by atoms with Gasteiger partial charge in [-0.25, -0.2) is 4.98 Å². The molecule has 0 saturated carbocycles. The number of nitrogens with zero attached hydrogens (tertiary/aromatic N) is 2. The summed E-state index contributed by atoms with van der Waals surface area (Å²) >= 11 is 5.91. The number of nitrogens with two attached hydrogens (primary N) is 1. The third-order valence-corrected chi connectivity index (χ3v) is 3.49. The molecule has 0 aromatic carbocycles. The zero-order valence-corrected chi connectivity index (χ0v) is 10.5. The van der Waals surface area contributed by atoms with Crippen LogP contribution in [-0.2, 0) is 0 Å². The highest BCUT2D eigenvalue weighted by molar-refractivity contribution is 6.29. The van der Waals surface area contributed by atoms with Crippen molar-refractivity contribution in [3.63, 3.8) is 0 Å². The summed E-state index contributed by atoms with van der Waals surface area (Å²) < 4.78 is 0. The first-order chi connectivity index (χ1) is 7.56. The molecule has 4 heteroatoms.